The number of hydrogen-bond acceptors (Lipinski definition) is 5. The number of halogens is 2. The van der Waals surface area contributed by atoms with E-state index in [2.05, 4.69) is 26.7 Å². The second kappa shape index (κ2) is 7.83. The van der Waals surface area contributed by atoms with Crippen molar-refractivity contribution in [2.24, 2.45) is 0 Å². The van der Waals surface area contributed by atoms with Crippen molar-refractivity contribution in [3.8, 4) is 6.07 Å². The van der Waals surface area contributed by atoms with E-state index >= 15 is 0 Å². The Morgan fingerprint density at radius 2 is 1.88 bits per heavy atom. The number of nitrogens with zero attached hydrogens (tertiary/aromatic N) is 3. The van der Waals surface area contributed by atoms with Gasteiger partial charge in [-0.3, -0.25) is 4.79 Å². The zero-order valence-electron chi connectivity index (χ0n) is 13.2. The van der Waals surface area contributed by atoms with Crippen molar-refractivity contribution in [2.75, 3.05) is 10.6 Å². The van der Waals surface area contributed by atoms with Crippen molar-refractivity contribution in [3.05, 3.63) is 76.2 Å². The van der Waals surface area contributed by atoms with E-state index in [-0.39, 0.29) is 10.7 Å². The Balaban J connectivity index is 1.71. The lowest BCUT2D eigenvalue weighted by Gasteiger charge is -2.08. The van der Waals surface area contributed by atoms with Crippen molar-refractivity contribution in [1.82, 2.24) is 9.97 Å². The second-order valence-corrected chi connectivity index (χ2v) is 5.95. The Labute approximate surface area is 159 Å². The average molecular weight is 384 g/mol. The summed E-state index contributed by atoms with van der Waals surface area (Å²) in [5.74, 6) is -0.0166. The van der Waals surface area contributed by atoms with Gasteiger partial charge in [0.2, 0.25) is 0 Å². The van der Waals surface area contributed by atoms with Crippen molar-refractivity contribution >= 4 is 46.3 Å². The Kier molecular flexibility index (Phi) is 5.32. The summed E-state index contributed by atoms with van der Waals surface area (Å²) in [6, 6.07) is 13.9. The molecule has 2 aromatic carbocycles. The summed E-state index contributed by atoms with van der Waals surface area (Å²) in [6.07, 6.45) is 2.76. The highest BCUT2D eigenvalue weighted by Gasteiger charge is 2.12. The van der Waals surface area contributed by atoms with Crippen LogP contribution in [0.1, 0.15) is 16.1 Å². The fourth-order valence-electron chi connectivity index (χ4n) is 2.11. The third-order valence-electron chi connectivity index (χ3n) is 3.35. The molecule has 128 valence electrons. The number of benzene rings is 2. The molecular weight excluding hydrogens is 373 g/mol. The van der Waals surface area contributed by atoms with E-state index in [0.29, 0.717) is 27.8 Å². The molecule has 0 spiro atoms. The van der Waals surface area contributed by atoms with Gasteiger partial charge in [-0.15, -0.1) is 0 Å². The van der Waals surface area contributed by atoms with E-state index in [9.17, 15) is 4.79 Å². The predicted molar refractivity (Wildman–Crippen MR) is 101 cm³/mol. The van der Waals surface area contributed by atoms with Crippen LogP contribution < -0.4 is 10.6 Å². The van der Waals surface area contributed by atoms with Crippen LogP contribution >= 0.6 is 23.2 Å². The molecular formula is C18H11Cl2N5O. The Bertz CT molecular complexity index is 999. The summed E-state index contributed by atoms with van der Waals surface area (Å²) in [4.78, 5) is 20.5. The van der Waals surface area contributed by atoms with Crippen molar-refractivity contribution < 1.29 is 4.79 Å². The Morgan fingerprint density at radius 1 is 1.08 bits per heavy atom. The highest BCUT2D eigenvalue weighted by Crippen LogP contribution is 2.29. The molecule has 0 atom stereocenters. The summed E-state index contributed by atoms with van der Waals surface area (Å²) in [5, 5.41) is 15.2. The monoisotopic (exact) mass is 383 g/mol. The maximum atomic E-state index is 12.3. The van der Waals surface area contributed by atoms with Crippen LogP contribution in [0.3, 0.4) is 0 Å². The number of carbonyl (C=O) groups is 1. The van der Waals surface area contributed by atoms with Gasteiger partial charge in [-0.05, 0) is 30.3 Å². The molecule has 0 fully saturated rings. The third-order valence-corrected chi connectivity index (χ3v) is 4.17. The van der Waals surface area contributed by atoms with Crippen LogP contribution in [-0.4, -0.2) is 15.9 Å². The van der Waals surface area contributed by atoms with Gasteiger partial charge in [0, 0.05) is 5.69 Å². The van der Waals surface area contributed by atoms with Gasteiger partial charge in [-0.25, -0.2) is 9.97 Å². The first-order chi connectivity index (χ1) is 12.6. The molecule has 3 aromatic rings. The predicted octanol–water partition coefficient (Wildman–Crippen LogP) is 4.65. The second-order valence-electron chi connectivity index (χ2n) is 5.16. The lowest BCUT2D eigenvalue weighted by molar-refractivity contribution is 0.102. The van der Waals surface area contributed by atoms with Crippen LogP contribution in [0.15, 0.2) is 54.9 Å². The molecule has 6 nitrogen and oxygen atoms in total. The van der Waals surface area contributed by atoms with E-state index in [1.807, 2.05) is 0 Å². The van der Waals surface area contributed by atoms with Crippen LogP contribution in [0.5, 0.6) is 0 Å². The quantitative estimate of drug-likeness (QED) is 0.683. The van der Waals surface area contributed by atoms with Crippen molar-refractivity contribution in [1.29, 1.82) is 5.26 Å². The molecule has 3 rings (SSSR count). The minimum absolute atomic E-state index is 0.123. The first-order valence-corrected chi connectivity index (χ1v) is 8.17. The zero-order chi connectivity index (χ0) is 18.5. The number of nitriles is 1. The maximum Gasteiger partial charge on any atom is 0.275 e. The highest BCUT2D eigenvalue weighted by atomic mass is 35.5. The molecule has 0 unspecified atom stereocenters. The lowest BCUT2D eigenvalue weighted by Crippen LogP contribution is -2.14. The van der Waals surface area contributed by atoms with Crippen molar-refractivity contribution in [2.45, 2.75) is 0 Å². The maximum absolute atomic E-state index is 12.3. The van der Waals surface area contributed by atoms with E-state index in [4.69, 9.17) is 28.5 Å². The average Bonchev–Trinajstić information content (AvgIpc) is 2.66. The van der Waals surface area contributed by atoms with Gasteiger partial charge in [-0.2, -0.15) is 5.26 Å². The first kappa shape index (κ1) is 17.7. The molecule has 0 bridgehead atoms. The number of anilines is 3. The molecule has 0 radical (unpaired) electrons. The number of nitrogens with one attached hydrogen (secondary N) is 2. The van der Waals surface area contributed by atoms with E-state index in [1.54, 1.807) is 42.5 Å². The summed E-state index contributed by atoms with van der Waals surface area (Å²) in [5.41, 5.74) is 1.73. The number of carbonyl (C=O) groups excluding carboxylic acids is 1. The summed E-state index contributed by atoms with van der Waals surface area (Å²) >= 11 is 12.0. The largest absolute Gasteiger partial charge is 0.339 e. The molecule has 8 heteroatoms. The van der Waals surface area contributed by atoms with Gasteiger partial charge < -0.3 is 10.6 Å². The van der Waals surface area contributed by atoms with Gasteiger partial charge in [0.25, 0.3) is 5.91 Å². The van der Waals surface area contributed by atoms with Gasteiger partial charge in [0.15, 0.2) is 0 Å². The summed E-state index contributed by atoms with van der Waals surface area (Å²) < 4.78 is 0. The molecule has 1 aromatic heterocycles. The number of amides is 1. The Hall–Kier alpha value is -3.14. The van der Waals surface area contributed by atoms with Crippen LogP contribution in [-0.2, 0) is 0 Å². The lowest BCUT2D eigenvalue weighted by atomic mass is 10.2. The van der Waals surface area contributed by atoms with Crippen molar-refractivity contribution in [3.63, 3.8) is 0 Å². The molecule has 26 heavy (non-hydrogen) atoms. The summed E-state index contributed by atoms with van der Waals surface area (Å²) in [6.45, 7) is 0. The molecule has 2 N–H and O–H groups in total. The number of aromatic nitrogens is 2. The topological polar surface area (TPSA) is 90.7 Å². The molecule has 0 aliphatic heterocycles. The minimum Gasteiger partial charge on any atom is -0.339 e. The molecule has 0 aliphatic carbocycles. The summed E-state index contributed by atoms with van der Waals surface area (Å²) in [7, 11) is 0. The first-order valence-electron chi connectivity index (χ1n) is 7.41. The van der Waals surface area contributed by atoms with Crippen LogP contribution in [0.2, 0.25) is 10.0 Å². The van der Waals surface area contributed by atoms with Gasteiger partial charge in [-0.1, -0.05) is 35.3 Å². The Morgan fingerprint density at radius 3 is 2.62 bits per heavy atom. The smallest absolute Gasteiger partial charge is 0.275 e. The van der Waals surface area contributed by atoms with Crippen LogP contribution in [0.4, 0.5) is 17.2 Å². The van der Waals surface area contributed by atoms with Gasteiger partial charge >= 0.3 is 0 Å². The van der Waals surface area contributed by atoms with Crippen LogP contribution in [0.25, 0.3) is 0 Å². The minimum atomic E-state index is -0.459. The third kappa shape index (κ3) is 4.09. The van der Waals surface area contributed by atoms with E-state index < -0.39 is 5.91 Å². The fourth-order valence-corrected chi connectivity index (χ4v) is 2.46. The van der Waals surface area contributed by atoms with Gasteiger partial charge in [0.1, 0.15) is 11.5 Å². The molecule has 0 saturated carbocycles. The highest BCUT2D eigenvalue weighted by molar-refractivity contribution is 6.44. The van der Waals surface area contributed by atoms with E-state index in [0.717, 1.165) is 0 Å². The number of hydrogen-bond donors (Lipinski definition) is 2. The molecule has 0 aliphatic rings. The number of rotatable bonds is 4. The van der Waals surface area contributed by atoms with E-state index in [1.165, 1.54) is 12.4 Å². The molecule has 0 saturated heterocycles. The molecule has 1 heterocycles. The standard InChI is InChI=1S/C18H11Cl2N5O/c19-13-5-2-6-14(17(13)20)25-18(26)15-9-23-16(10-22-15)24-12-4-1-3-11(7-12)8-21/h1-7,9-10H,(H,23,24)(H,25,26). The zero-order valence-corrected chi connectivity index (χ0v) is 14.7. The van der Waals surface area contributed by atoms with Gasteiger partial charge in [0.05, 0.1) is 39.8 Å². The van der Waals surface area contributed by atoms with Crippen LogP contribution in [0, 0.1) is 11.3 Å². The SMILES string of the molecule is N#Cc1cccc(Nc2cnc(C(=O)Nc3cccc(Cl)c3Cl)cn2)c1. The normalized spacial score (nSPS) is 10.0. The molecule has 1 amide bonds. The fraction of sp³-hybridized carbons (Fsp3) is 0.